The number of hydrogen-bond donors (Lipinski definition) is 1. The summed E-state index contributed by atoms with van der Waals surface area (Å²) < 4.78 is 1.07. The molecule has 1 aromatic carbocycles. The van der Waals surface area contributed by atoms with Gasteiger partial charge in [0.25, 0.3) is 0 Å². The number of aromatic carboxylic acids is 1. The molecule has 0 atom stereocenters. The van der Waals surface area contributed by atoms with Gasteiger partial charge in [0.15, 0.2) is 0 Å². The summed E-state index contributed by atoms with van der Waals surface area (Å²) in [7, 11) is 0. The van der Waals surface area contributed by atoms with Crippen LogP contribution >= 0.6 is 11.3 Å². The van der Waals surface area contributed by atoms with Gasteiger partial charge >= 0.3 is 5.97 Å². The zero-order valence-corrected chi connectivity index (χ0v) is 6.89. The molecule has 0 aliphatic heterocycles. The molecule has 0 bridgehead atoms. The molecule has 12 heavy (non-hydrogen) atoms. The summed E-state index contributed by atoms with van der Waals surface area (Å²) in [5, 5.41) is 12.6. The molecule has 0 amide bonds. The van der Waals surface area contributed by atoms with E-state index in [1.165, 1.54) is 11.3 Å². The van der Waals surface area contributed by atoms with E-state index in [1.807, 2.05) is 0 Å². The average Bonchev–Trinajstić information content (AvgIpc) is 2.49. The van der Waals surface area contributed by atoms with Gasteiger partial charge in [-0.25, -0.2) is 4.79 Å². The van der Waals surface area contributed by atoms with Crippen molar-refractivity contribution in [3.05, 3.63) is 35.2 Å². The number of carboxylic acid groups (broad SMARTS) is 1. The number of rotatable bonds is 1. The fourth-order valence-corrected chi connectivity index (χ4v) is 1.73. The van der Waals surface area contributed by atoms with Gasteiger partial charge in [0.05, 0.1) is 5.56 Å². The Bertz CT molecular complexity index is 431. The molecule has 2 rings (SSSR count). The first-order valence-electron chi connectivity index (χ1n) is 3.40. The van der Waals surface area contributed by atoms with Gasteiger partial charge in [0.2, 0.25) is 0 Å². The Hall–Kier alpha value is -1.35. The molecule has 1 heterocycles. The van der Waals surface area contributed by atoms with Crippen LogP contribution in [0.15, 0.2) is 24.3 Å². The molecular weight excluding hydrogens is 172 g/mol. The number of fused-ring (bicyclic) bond motifs is 1. The van der Waals surface area contributed by atoms with E-state index < -0.39 is 5.97 Å². The molecule has 1 aromatic heterocycles. The van der Waals surface area contributed by atoms with Gasteiger partial charge in [-0.15, -0.1) is 11.3 Å². The van der Waals surface area contributed by atoms with Gasteiger partial charge in [-0.05, 0) is 29.7 Å². The lowest BCUT2D eigenvalue weighted by Crippen LogP contribution is -1.94. The van der Waals surface area contributed by atoms with E-state index in [0.29, 0.717) is 5.56 Å². The van der Waals surface area contributed by atoms with Crippen LogP contribution in [0.25, 0.3) is 10.1 Å². The maximum Gasteiger partial charge on any atom is 0.335 e. The Labute approximate surface area is 73.1 Å². The summed E-state index contributed by atoms with van der Waals surface area (Å²) in [6.45, 7) is 0. The third-order valence-electron chi connectivity index (χ3n) is 1.64. The van der Waals surface area contributed by atoms with E-state index in [9.17, 15) is 4.79 Å². The van der Waals surface area contributed by atoms with Crippen LogP contribution in [0.3, 0.4) is 0 Å². The van der Waals surface area contributed by atoms with Crippen molar-refractivity contribution in [2.24, 2.45) is 0 Å². The van der Waals surface area contributed by atoms with Crippen molar-refractivity contribution in [2.75, 3.05) is 0 Å². The maximum atomic E-state index is 10.6. The van der Waals surface area contributed by atoms with Gasteiger partial charge in [-0.2, -0.15) is 0 Å². The highest BCUT2D eigenvalue weighted by Gasteiger charge is 2.03. The normalized spacial score (nSPS) is 10.3. The van der Waals surface area contributed by atoms with E-state index >= 15 is 0 Å². The second-order valence-electron chi connectivity index (χ2n) is 2.42. The number of carbonyl (C=O) groups is 1. The molecule has 0 saturated carbocycles. The van der Waals surface area contributed by atoms with Crippen LogP contribution in [-0.4, -0.2) is 11.1 Å². The fraction of sp³-hybridized carbons (Fsp3) is 0. The Morgan fingerprint density at radius 3 is 3.08 bits per heavy atom. The molecule has 0 unspecified atom stereocenters. The summed E-state index contributed by atoms with van der Waals surface area (Å²) in [4.78, 5) is 10.6. The first-order valence-corrected chi connectivity index (χ1v) is 4.22. The van der Waals surface area contributed by atoms with Crippen LogP contribution in [0.1, 0.15) is 10.4 Å². The zero-order chi connectivity index (χ0) is 8.55. The first kappa shape index (κ1) is 7.31. The Morgan fingerprint density at radius 1 is 1.50 bits per heavy atom. The second kappa shape index (κ2) is 2.60. The molecule has 1 N–H and O–H groups in total. The summed E-state index contributed by atoms with van der Waals surface area (Å²) in [6, 6.07) is 6.87. The predicted molar refractivity (Wildman–Crippen MR) is 47.6 cm³/mol. The van der Waals surface area contributed by atoms with E-state index in [2.05, 4.69) is 5.38 Å². The van der Waals surface area contributed by atoms with Crippen LogP contribution in [0, 0.1) is 5.38 Å². The highest BCUT2D eigenvalue weighted by atomic mass is 32.1. The highest BCUT2D eigenvalue weighted by Crippen LogP contribution is 2.20. The number of carboxylic acids is 1. The van der Waals surface area contributed by atoms with Crippen molar-refractivity contribution in [2.45, 2.75) is 0 Å². The molecule has 0 aliphatic carbocycles. The van der Waals surface area contributed by atoms with Crippen LogP contribution in [0.5, 0.6) is 0 Å². The van der Waals surface area contributed by atoms with Crippen LogP contribution < -0.4 is 0 Å². The summed E-state index contributed by atoms with van der Waals surface area (Å²) in [5.41, 5.74) is 0.328. The molecule has 59 valence electrons. The molecular formula is C9H5O2S. The fourth-order valence-electron chi connectivity index (χ4n) is 1.04. The van der Waals surface area contributed by atoms with E-state index in [0.717, 1.165) is 10.1 Å². The zero-order valence-electron chi connectivity index (χ0n) is 6.07. The van der Waals surface area contributed by atoms with Crippen molar-refractivity contribution in [3.63, 3.8) is 0 Å². The smallest absolute Gasteiger partial charge is 0.335 e. The molecule has 0 fully saturated rings. The van der Waals surface area contributed by atoms with Crippen molar-refractivity contribution < 1.29 is 9.90 Å². The highest BCUT2D eigenvalue weighted by molar-refractivity contribution is 7.16. The number of hydrogen-bond acceptors (Lipinski definition) is 2. The van der Waals surface area contributed by atoms with Crippen molar-refractivity contribution in [1.29, 1.82) is 0 Å². The monoisotopic (exact) mass is 177 g/mol. The largest absolute Gasteiger partial charge is 0.478 e. The lowest BCUT2D eigenvalue weighted by Gasteiger charge is -1.92. The minimum absolute atomic E-state index is 0.328. The summed E-state index contributed by atoms with van der Waals surface area (Å²) in [6.07, 6.45) is 0. The molecule has 1 radical (unpaired) electrons. The first-order chi connectivity index (χ1) is 5.77. The molecule has 2 nitrogen and oxygen atoms in total. The third kappa shape index (κ3) is 1.08. The summed E-state index contributed by atoms with van der Waals surface area (Å²) in [5.74, 6) is -0.886. The second-order valence-corrected chi connectivity index (χ2v) is 3.30. The van der Waals surface area contributed by atoms with E-state index in [1.54, 1.807) is 24.3 Å². The SMILES string of the molecule is O=C(O)c1ccc2s[c]cc2c1. The minimum atomic E-state index is -0.886. The molecule has 0 saturated heterocycles. The van der Waals surface area contributed by atoms with Crippen molar-refractivity contribution in [3.8, 4) is 0 Å². The van der Waals surface area contributed by atoms with Crippen LogP contribution in [0.4, 0.5) is 0 Å². The number of thiophene rings is 1. The quantitative estimate of drug-likeness (QED) is 0.726. The standard InChI is InChI=1S/C9H5O2S/c10-9(11)7-1-2-8-6(5-7)3-4-12-8/h1-3,5H,(H,10,11). The van der Waals surface area contributed by atoms with Gasteiger partial charge in [0.1, 0.15) is 0 Å². The lowest BCUT2D eigenvalue weighted by atomic mass is 10.2. The molecule has 3 heteroatoms. The number of benzene rings is 1. The van der Waals surface area contributed by atoms with Gasteiger partial charge in [0, 0.05) is 10.1 Å². The Morgan fingerprint density at radius 2 is 2.33 bits per heavy atom. The van der Waals surface area contributed by atoms with E-state index in [4.69, 9.17) is 5.11 Å². The average molecular weight is 177 g/mol. The van der Waals surface area contributed by atoms with Crippen LogP contribution in [-0.2, 0) is 0 Å². The van der Waals surface area contributed by atoms with Gasteiger partial charge in [-0.3, -0.25) is 0 Å². The minimum Gasteiger partial charge on any atom is -0.478 e. The molecule has 0 aliphatic rings. The Balaban J connectivity index is 2.68. The van der Waals surface area contributed by atoms with Gasteiger partial charge < -0.3 is 5.11 Å². The molecule has 0 spiro atoms. The topological polar surface area (TPSA) is 37.3 Å². The van der Waals surface area contributed by atoms with Crippen LogP contribution in [0.2, 0.25) is 0 Å². The predicted octanol–water partition coefficient (Wildman–Crippen LogP) is 2.40. The van der Waals surface area contributed by atoms with Crippen molar-refractivity contribution >= 4 is 27.4 Å². The van der Waals surface area contributed by atoms with Gasteiger partial charge in [-0.1, -0.05) is 0 Å². The van der Waals surface area contributed by atoms with E-state index in [-0.39, 0.29) is 0 Å². The Kier molecular flexibility index (Phi) is 1.59. The van der Waals surface area contributed by atoms with Crippen molar-refractivity contribution in [1.82, 2.24) is 0 Å². The summed E-state index contributed by atoms with van der Waals surface area (Å²) >= 11 is 1.49. The lowest BCUT2D eigenvalue weighted by molar-refractivity contribution is 0.0697. The molecule has 2 aromatic rings. The third-order valence-corrected chi connectivity index (χ3v) is 2.47. The maximum absolute atomic E-state index is 10.6.